The van der Waals surface area contributed by atoms with Crippen LogP contribution in [0.4, 0.5) is 5.00 Å². The van der Waals surface area contributed by atoms with E-state index in [2.05, 4.69) is 20.0 Å². The second-order valence-corrected chi connectivity index (χ2v) is 4.21. The van der Waals surface area contributed by atoms with E-state index in [0.717, 1.165) is 16.9 Å². The molecule has 7 nitrogen and oxygen atoms in total. The summed E-state index contributed by atoms with van der Waals surface area (Å²) in [6.45, 7) is 1.30. The Morgan fingerprint density at radius 1 is 1.59 bits per heavy atom. The molecule has 1 N–H and O–H groups in total. The maximum Gasteiger partial charge on any atom is 0.324 e. The highest BCUT2D eigenvalue weighted by atomic mass is 32.1. The third kappa shape index (κ3) is 3.33. The van der Waals surface area contributed by atoms with E-state index < -0.39 is 0 Å². The molecule has 0 saturated carbocycles. The Balaban J connectivity index is 1.72. The average molecular weight is 254 g/mol. The predicted molar refractivity (Wildman–Crippen MR) is 60.7 cm³/mol. The van der Waals surface area contributed by atoms with E-state index in [1.165, 1.54) is 6.39 Å². The minimum Gasteiger partial charge on any atom is -0.343 e. The van der Waals surface area contributed by atoms with E-state index in [4.69, 9.17) is 0 Å². The van der Waals surface area contributed by atoms with Crippen molar-refractivity contribution in [3.05, 3.63) is 39.3 Å². The van der Waals surface area contributed by atoms with Gasteiger partial charge in [0.05, 0.1) is 4.92 Å². The molecule has 2 heterocycles. The molecular formula is C9H10N4O3S. The van der Waals surface area contributed by atoms with Crippen LogP contribution in [-0.2, 0) is 13.0 Å². The summed E-state index contributed by atoms with van der Waals surface area (Å²) in [6, 6.07) is 1.58. The smallest absolute Gasteiger partial charge is 0.324 e. The van der Waals surface area contributed by atoms with Gasteiger partial charge in [-0.1, -0.05) is 16.5 Å². The number of nitrogens with one attached hydrogen (secondary N) is 1. The molecule has 0 fully saturated rings. The lowest BCUT2D eigenvalue weighted by atomic mass is 10.3. The average Bonchev–Trinajstić information content (AvgIpc) is 2.96. The van der Waals surface area contributed by atoms with Gasteiger partial charge in [-0.25, -0.2) is 0 Å². The predicted octanol–water partition coefficient (Wildman–Crippen LogP) is 1.37. The van der Waals surface area contributed by atoms with Crippen LogP contribution < -0.4 is 5.32 Å². The number of hydrogen-bond donors (Lipinski definition) is 1. The maximum absolute atomic E-state index is 10.5. The van der Waals surface area contributed by atoms with Crippen molar-refractivity contribution >= 4 is 16.3 Å². The first-order valence-electron chi connectivity index (χ1n) is 4.93. The summed E-state index contributed by atoms with van der Waals surface area (Å²) in [7, 11) is 0. The van der Waals surface area contributed by atoms with Crippen LogP contribution in [0.3, 0.4) is 0 Å². The summed E-state index contributed by atoms with van der Waals surface area (Å²) in [4.78, 5) is 14.0. The van der Waals surface area contributed by atoms with E-state index in [1.54, 1.807) is 11.4 Å². The van der Waals surface area contributed by atoms with E-state index in [1.807, 2.05) is 0 Å². The molecule has 0 aromatic carbocycles. The number of nitro groups is 1. The Kier molecular flexibility index (Phi) is 3.78. The van der Waals surface area contributed by atoms with Crippen molar-refractivity contribution in [3.8, 4) is 0 Å². The molecule has 2 aromatic rings. The van der Waals surface area contributed by atoms with Crippen LogP contribution in [0.2, 0.25) is 0 Å². The molecule has 0 unspecified atom stereocenters. The molecule has 0 spiro atoms. The van der Waals surface area contributed by atoms with Gasteiger partial charge in [-0.15, -0.1) is 0 Å². The monoisotopic (exact) mass is 254 g/mol. The number of aromatic nitrogens is 2. The van der Waals surface area contributed by atoms with Crippen molar-refractivity contribution in [1.29, 1.82) is 0 Å². The summed E-state index contributed by atoms with van der Waals surface area (Å²) in [6.07, 6.45) is 1.96. The minimum atomic E-state index is -0.381. The van der Waals surface area contributed by atoms with Crippen molar-refractivity contribution in [3.63, 3.8) is 0 Å². The summed E-state index contributed by atoms with van der Waals surface area (Å²) in [5.41, 5.74) is 0.912. The van der Waals surface area contributed by atoms with Gasteiger partial charge in [-0.2, -0.15) is 4.98 Å². The zero-order valence-electron chi connectivity index (χ0n) is 8.83. The van der Waals surface area contributed by atoms with Crippen LogP contribution in [0.1, 0.15) is 11.4 Å². The van der Waals surface area contributed by atoms with Gasteiger partial charge in [0, 0.05) is 31.0 Å². The second kappa shape index (κ2) is 5.51. The van der Waals surface area contributed by atoms with Crippen LogP contribution in [0, 0.1) is 10.1 Å². The Morgan fingerprint density at radius 2 is 2.47 bits per heavy atom. The van der Waals surface area contributed by atoms with Gasteiger partial charge in [-0.05, 0) is 5.56 Å². The minimum absolute atomic E-state index is 0.167. The van der Waals surface area contributed by atoms with E-state index in [9.17, 15) is 10.1 Å². The van der Waals surface area contributed by atoms with Crippen LogP contribution >= 0.6 is 11.3 Å². The Labute approximate surface area is 101 Å². The van der Waals surface area contributed by atoms with Crippen molar-refractivity contribution in [1.82, 2.24) is 15.5 Å². The third-order valence-corrected chi connectivity index (χ3v) is 3.01. The zero-order valence-corrected chi connectivity index (χ0v) is 9.64. The summed E-state index contributed by atoms with van der Waals surface area (Å²) in [5, 5.41) is 19.2. The molecular weight excluding hydrogens is 244 g/mol. The van der Waals surface area contributed by atoms with Gasteiger partial charge >= 0.3 is 5.00 Å². The second-order valence-electron chi connectivity index (χ2n) is 3.32. The van der Waals surface area contributed by atoms with E-state index >= 15 is 0 Å². The molecule has 0 saturated heterocycles. The summed E-state index contributed by atoms with van der Waals surface area (Å²) >= 11 is 1.13. The molecule has 0 aliphatic heterocycles. The topological polar surface area (TPSA) is 94.1 Å². The molecule has 8 heteroatoms. The first-order valence-corrected chi connectivity index (χ1v) is 5.81. The molecule has 0 atom stereocenters. The summed E-state index contributed by atoms with van der Waals surface area (Å²) < 4.78 is 4.60. The van der Waals surface area contributed by atoms with Crippen LogP contribution in [-0.4, -0.2) is 21.6 Å². The largest absolute Gasteiger partial charge is 0.343 e. The third-order valence-electron chi connectivity index (χ3n) is 2.08. The maximum atomic E-state index is 10.5. The van der Waals surface area contributed by atoms with Gasteiger partial charge in [0.15, 0.2) is 5.82 Å². The molecule has 0 amide bonds. The lowest BCUT2D eigenvalue weighted by molar-refractivity contribution is -0.380. The van der Waals surface area contributed by atoms with Crippen LogP contribution in [0.15, 0.2) is 22.4 Å². The molecule has 2 aromatic heterocycles. The van der Waals surface area contributed by atoms with E-state index in [0.29, 0.717) is 25.3 Å². The lowest BCUT2D eigenvalue weighted by Crippen LogP contribution is -2.16. The highest BCUT2D eigenvalue weighted by Gasteiger charge is 2.08. The molecule has 17 heavy (non-hydrogen) atoms. The van der Waals surface area contributed by atoms with Gasteiger partial charge in [0.2, 0.25) is 6.39 Å². The van der Waals surface area contributed by atoms with Gasteiger partial charge < -0.3 is 9.84 Å². The van der Waals surface area contributed by atoms with Crippen molar-refractivity contribution in [2.24, 2.45) is 0 Å². The molecule has 0 aliphatic carbocycles. The fraction of sp³-hybridized carbons (Fsp3) is 0.333. The first-order chi connectivity index (χ1) is 8.25. The normalized spacial score (nSPS) is 10.6. The van der Waals surface area contributed by atoms with Crippen LogP contribution in [0.5, 0.6) is 0 Å². The molecule has 0 radical (unpaired) electrons. The van der Waals surface area contributed by atoms with E-state index in [-0.39, 0.29) is 9.92 Å². The van der Waals surface area contributed by atoms with Crippen molar-refractivity contribution in [2.45, 2.75) is 13.0 Å². The SMILES string of the molecule is O=[N+]([O-])c1cc(CNCCc2ncon2)cs1. The number of hydrogen-bond acceptors (Lipinski definition) is 7. The van der Waals surface area contributed by atoms with Crippen molar-refractivity contribution in [2.75, 3.05) is 6.54 Å². The Bertz CT molecular complexity index is 482. The van der Waals surface area contributed by atoms with Gasteiger partial charge in [0.1, 0.15) is 0 Å². The lowest BCUT2D eigenvalue weighted by Gasteiger charge is -1.99. The molecule has 2 rings (SSSR count). The zero-order chi connectivity index (χ0) is 12.1. The van der Waals surface area contributed by atoms with Gasteiger partial charge in [0.25, 0.3) is 0 Å². The number of thiophene rings is 1. The number of rotatable bonds is 6. The standard InChI is InChI=1S/C9H10N4O3S/c14-13(15)9-3-7(5-17-9)4-10-2-1-8-11-6-16-12-8/h3,5-6,10H,1-2,4H2. The van der Waals surface area contributed by atoms with Crippen LogP contribution in [0.25, 0.3) is 0 Å². The Hall–Kier alpha value is -1.80. The molecule has 0 aliphatic rings. The fourth-order valence-electron chi connectivity index (χ4n) is 1.29. The van der Waals surface area contributed by atoms with Crippen molar-refractivity contribution < 1.29 is 9.45 Å². The number of nitrogens with zero attached hydrogens (tertiary/aromatic N) is 3. The Morgan fingerprint density at radius 3 is 3.12 bits per heavy atom. The fourth-order valence-corrected chi connectivity index (χ4v) is 2.02. The highest BCUT2D eigenvalue weighted by molar-refractivity contribution is 7.13. The van der Waals surface area contributed by atoms with Gasteiger partial charge in [-0.3, -0.25) is 10.1 Å². The molecule has 90 valence electrons. The quantitative estimate of drug-likeness (QED) is 0.475. The highest BCUT2D eigenvalue weighted by Crippen LogP contribution is 2.22. The summed E-state index contributed by atoms with van der Waals surface area (Å²) in [5.74, 6) is 0.647. The first kappa shape index (κ1) is 11.7. The molecule has 0 bridgehead atoms.